The Morgan fingerprint density at radius 2 is 1.90 bits per heavy atom. The summed E-state index contributed by atoms with van der Waals surface area (Å²) in [6.45, 7) is 1.55. The lowest BCUT2D eigenvalue weighted by atomic mass is 9.96. The summed E-state index contributed by atoms with van der Waals surface area (Å²) in [5.41, 5.74) is 0. The Hall–Kier alpha value is -1.47. The number of piperidine rings is 1. The molecule has 8 heteroatoms. The average Bonchev–Trinajstić information content (AvgIpc) is 2.44. The number of rotatable bonds is 5. The Kier molecular flexibility index (Phi) is 6.77. The molecule has 0 unspecified atom stereocenters. The smallest absolute Gasteiger partial charge is 0.422 e. The predicted octanol–water partition coefficient (Wildman–Crippen LogP) is 2.31. The molecular formula is C13H21F3N2O3. The van der Waals surface area contributed by atoms with Gasteiger partial charge in [0.25, 0.3) is 0 Å². The zero-order chi connectivity index (χ0) is 15.9. The predicted molar refractivity (Wildman–Crippen MR) is 69.6 cm³/mol. The van der Waals surface area contributed by atoms with E-state index in [-0.39, 0.29) is 24.9 Å². The molecule has 0 aromatic carbocycles. The topological polar surface area (TPSA) is 58.6 Å². The molecule has 0 radical (unpaired) electrons. The molecule has 1 heterocycles. The van der Waals surface area contributed by atoms with Gasteiger partial charge in [-0.3, -0.25) is 4.79 Å². The number of amides is 2. The minimum atomic E-state index is -4.52. The van der Waals surface area contributed by atoms with E-state index in [0.29, 0.717) is 19.4 Å². The lowest BCUT2D eigenvalue weighted by Crippen LogP contribution is -2.44. The minimum Gasteiger partial charge on any atom is -0.440 e. The van der Waals surface area contributed by atoms with Crippen LogP contribution in [0.4, 0.5) is 18.0 Å². The van der Waals surface area contributed by atoms with E-state index in [4.69, 9.17) is 0 Å². The third-order valence-electron chi connectivity index (χ3n) is 3.31. The zero-order valence-corrected chi connectivity index (χ0v) is 12.0. The monoisotopic (exact) mass is 310 g/mol. The number of likely N-dealkylation sites (tertiary alicyclic amines) is 1. The van der Waals surface area contributed by atoms with Crippen molar-refractivity contribution < 1.29 is 27.5 Å². The minimum absolute atomic E-state index is 0.0493. The van der Waals surface area contributed by atoms with Crippen LogP contribution in [0.1, 0.15) is 32.6 Å². The second-order valence-corrected chi connectivity index (χ2v) is 5.08. The van der Waals surface area contributed by atoms with Crippen LogP contribution < -0.4 is 5.32 Å². The van der Waals surface area contributed by atoms with E-state index in [1.54, 1.807) is 0 Å². The highest BCUT2D eigenvalue weighted by atomic mass is 19.4. The summed E-state index contributed by atoms with van der Waals surface area (Å²) in [5.74, 6) is -0.236. The maximum Gasteiger partial charge on any atom is 0.422 e. The van der Waals surface area contributed by atoms with Gasteiger partial charge in [-0.05, 0) is 19.3 Å². The van der Waals surface area contributed by atoms with Crippen LogP contribution in [-0.4, -0.2) is 49.3 Å². The van der Waals surface area contributed by atoms with Crippen LogP contribution >= 0.6 is 0 Å². The molecule has 0 spiro atoms. The van der Waals surface area contributed by atoms with Gasteiger partial charge >= 0.3 is 12.3 Å². The normalized spacial score (nSPS) is 16.7. The third kappa shape index (κ3) is 6.68. The van der Waals surface area contributed by atoms with Crippen LogP contribution in [0.3, 0.4) is 0 Å². The fourth-order valence-corrected chi connectivity index (χ4v) is 2.09. The molecule has 122 valence electrons. The molecule has 0 bridgehead atoms. The Bertz CT molecular complexity index is 353. The van der Waals surface area contributed by atoms with Gasteiger partial charge in [0, 0.05) is 25.6 Å². The van der Waals surface area contributed by atoms with Gasteiger partial charge in [-0.1, -0.05) is 13.3 Å². The van der Waals surface area contributed by atoms with Crippen molar-refractivity contribution in [2.24, 2.45) is 5.92 Å². The maximum absolute atomic E-state index is 11.9. The van der Waals surface area contributed by atoms with Crippen LogP contribution in [0, 0.1) is 5.92 Å². The molecule has 1 aliphatic rings. The molecule has 21 heavy (non-hydrogen) atoms. The van der Waals surface area contributed by atoms with Gasteiger partial charge in [-0.15, -0.1) is 0 Å². The fourth-order valence-electron chi connectivity index (χ4n) is 2.09. The first-order valence-corrected chi connectivity index (χ1v) is 7.09. The van der Waals surface area contributed by atoms with Crippen molar-refractivity contribution in [1.82, 2.24) is 10.2 Å². The number of hydrogen-bond acceptors (Lipinski definition) is 3. The van der Waals surface area contributed by atoms with Gasteiger partial charge in [0.15, 0.2) is 6.61 Å². The van der Waals surface area contributed by atoms with Gasteiger partial charge in [0.05, 0.1) is 0 Å². The molecule has 0 aliphatic carbocycles. The molecule has 0 atom stereocenters. The number of carbonyl (C=O) groups is 2. The first kappa shape index (κ1) is 17.6. The van der Waals surface area contributed by atoms with Gasteiger partial charge in [0.1, 0.15) is 0 Å². The highest BCUT2D eigenvalue weighted by Gasteiger charge is 2.32. The Balaban J connectivity index is 2.28. The molecule has 2 amide bonds. The Morgan fingerprint density at radius 3 is 2.43 bits per heavy atom. The molecule has 1 aliphatic heterocycles. The van der Waals surface area contributed by atoms with Crippen molar-refractivity contribution in [3.8, 4) is 0 Å². The first-order valence-electron chi connectivity index (χ1n) is 7.09. The molecule has 1 saturated heterocycles. The van der Waals surface area contributed by atoms with E-state index in [1.165, 1.54) is 4.90 Å². The highest BCUT2D eigenvalue weighted by molar-refractivity contribution is 5.79. The largest absolute Gasteiger partial charge is 0.440 e. The van der Waals surface area contributed by atoms with E-state index in [2.05, 4.69) is 10.1 Å². The van der Waals surface area contributed by atoms with Crippen LogP contribution in [0.15, 0.2) is 0 Å². The molecule has 1 N–H and O–H groups in total. The van der Waals surface area contributed by atoms with Gasteiger partial charge in [0.2, 0.25) is 5.91 Å². The van der Waals surface area contributed by atoms with Crippen molar-refractivity contribution in [3.05, 3.63) is 0 Å². The number of ether oxygens (including phenoxy) is 1. The Labute approximate surface area is 121 Å². The van der Waals surface area contributed by atoms with Crippen LogP contribution in [-0.2, 0) is 9.53 Å². The molecule has 0 aromatic rings. The number of halogens is 3. The lowest BCUT2D eigenvalue weighted by Gasteiger charge is -2.30. The van der Waals surface area contributed by atoms with Crippen molar-refractivity contribution in [3.63, 3.8) is 0 Å². The second-order valence-electron chi connectivity index (χ2n) is 5.08. The summed E-state index contributed by atoms with van der Waals surface area (Å²) in [7, 11) is 0. The van der Waals surface area contributed by atoms with Crippen molar-refractivity contribution in [1.29, 1.82) is 0 Å². The number of nitrogens with one attached hydrogen (secondary N) is 1. The van der Waals surface area contributed by atoms with Crippen LogP contribution in [0.5, 0.6) is 0 Å². The van der Waals surface area contributed by atoms with Crippen molar-refractivity contribution in [2.45, 2.75) is 38.8 Å². The Morgan fingerprint density at radius 1 is 1.29 bits per heavy atom. The van der Waals surface area contributed by atoms with E-state index in [0.717, 1.165) is 12.8 Å². The van der Waals surface area contributed by atoms with E-state index < -0.39 is 18.9 Å². The number of alkyl halides is 3. The molecule has 0 aromatic heterocycles. The summed E-state index contributed by atoms with van der Waals surface area (Å²) >= 11 is 0. The lowest BCUT2D eigenvalue weighted by molar-refractivity contribution is -0.162. The first-order chi connectivity index (χ1) is 9.83. The van der Waals surface area contributed by atoms with Gasteiger partial charge in [-0.2, -0.15) is 13.2 Å². The molecule has 0 saturated carbocycles. The summed E-state index contributed by atoms with van der Waals surface area (Å²) in [5, 5.41) is 2.82. The maximum atomic E-state index is 11.9. The van der Waals surface area contributed by atoms with E-state index in [9.17, 15) is 22.8 Å². The standard InChI is InChI=1S/C13H21F3N2O3/c1-2-3-6-17-11(19)10-4-7-18(8-5-10)12(20)21-9-13(14,15)16/h10H,2-9H2,1H3,(H,17,19). The summed E-state index contributed by atoms with van der Waals surface area (Å²) < 4.78 is 40.0. The third-order valence-corrected chi connectivity index (χ3v) is 3.31. The van der Waals surface area contributed by atoms with Crippen molar-refractivity contribution in [2.75, 3.05) is 26.2 Å². The van der Waals surface area contributed by atoms with Crippen LogP contribution in [0.2, 0.25) is 0 Å². The number of unbranched alkanes of at least 4 members (excludes halogenated alkanes) is 1. The fraction of sp³-hybridized carbons (Fsp3) is 0.846. The number of hydrogen-bond donors (Lipinski definition) is 1. The number of carbonyl (C=O) groups excluding carboxylic acids is 2. The molecule has 5 nitrogen and oxygen atoms in total. The summed E-state index contributed by atoms with van der Waals surface area (Å²) in [6, 6.07) is 0. The SMILES string of the molecule is CCCCNC(=O)C1CCN(C(=O)OCC(F)(F)F)CC1. The van der Waals surface area contributed by atoms with E-state index in [1.807, 2.05) is 6.92 Å². The summed E-state index contributed by atoms with van der Waals surface area (Å²) in [4.78, 5) is 24.5. The number of nitrogens with zero attached hydrogens (tertiary/aromatic N) is 1. The van der Waals surface area contributed by atoms with Crippen molar-refractivity contribution >= 4 is 12.0 Å². The average molecular weight is 310 g/mol. The zero-order valence-electron chi connectivity index (χ0n) is 12.0. The second kappa shape index (κ2) is 8.09. The van der Waals surface area contributed by atoms with Gasteiger partial charge < -0.3 is 15.0 Å². The molecular weight excluding hydrogens is 289 g/mol. The quantitative estimate of drug-likeness (QED) is 0.793. The summed E-state index contributed by atoms with van der Waals surface area (Å²) in [6.07, 6.45) is -2.71. The molecule has 1 rings (SSSR count). The van der Waals surface area contributed by atoms with Gasteiger partial charge in [-0.25, -0.2) is 4.79 Å². The molecule has 1 fully saturated rings. The highest BCUT2D eigenvalue weighted by Crippen LogP contribution is 2.19. The van der Waals surface area contributed by atoms with Crippen LogP contribution in [0.25, 0.3) is 0 Å². The van der Waals surface area contributed by atoms with E-state index >= 15 is 0 Å².